The second kappa shape index (κ2) is 10.8. The molecule has 39 heavy (non-hydrogen) atoms. The zero-order valence-electron chi connectivity index (χ0n) is 23.0. The van der Waals surface area contributed by atoms with Crippen molar-refractivity contribution in [2.75, 3.05) is 14.2 Å². The molecular weight excluding hydrogens is 513 g/mol. The van der Waals surface area contributed by atoms with Crippen LogP contribution in [-0.2, 0) is 20.9 Å². The summed E-state index contributed by atoms with van der Waals surface area (Å²) in [4.78, 5) is 41.3. The molecule has 7 nitrogen and oxygen atoms in total. The first-order chi connectivity index (χ1) is 18.3. The van der Waals surface area contributed by atoms with Crippen LogP contribution in [0.5, 0.6) is 11.5 Å². The maximum Gasteiger partial charge on any atom is 0.425 e. The first kappa shape index (κ1) is 29.0. The fraction of sp³-hybridized carbons (Fsp3) is 0.621. The van der Waals surface area contributed by atoms with E-state index in [1.807, 2.05) is 0 Å². The molecule has 214 valence electrons. The summed E-state index contributed by atoms with van der Waals surface area (Å²) < 4.78 is 55.6. The number of nitrogens with one attached hydrogen (secondary N) is 1. The van der Waals surface area contributed by atoms with Gasteiger partial charge in [-0.1, -0.05) is 46.0 Å². The van der Waals surface area contributed by atoms with Crippen molar-refractivity contribution in [3.63, 3.8) is 0 Å². The molecule has 0 radical (unpaired) electrons. The van der Waals surface area contributed by atoms with Crippen molar-refractivity contribution < 1.29 is 37.0 Å². The molecule has 0 unspecified atom stereocenters. The highest BCUT2D eigenvalue weighted by Gasteiger charge is 2.71. The van der Waals surface area contributed by atoms with Crippen molar-refractivity contribution in [1.82, 2.24) is 10.2 Å². The van der Waals surface area contributed by atoms with Crippen LogP contribution in [0, 0.1) is 11.3 Å². The SMILES string of the molecule is COc1cc(CN2C(=O)[C@@](NC(=O)CCC3CCCCC3)(C(F)(F)F)C3=C2CC(C)(C)CC3=O)cc(OC)c1. The molecular formula is C29H37F3N2O5. The van der Waals surface area contributed by atoms with Gasteiger partial charge in [0.1, 0.15) is 11.5 Å². The van der Waals surface area contributed by atoms with Gasteiger partial charge in [-0.3, -0.25) is 14.4 Å². The lowest BCUT2D eigenvalue weighted by Gasteiger charge is -2.35. The summed E-state index contributed by atoms with van der Waals surface area (Å²) in [6.07, 6.45) is 0.117. The molecule has 4 rings (SSSR count). The Morgan fingerprint density at radius 3 is 2.21 bits per heavy atom. The lowest BCUT2D eigenvalue weighted by Crippen LogP contribution is -2.66. The maximum absolute atomic E-state index is 15.0. The van der Waals surface area contributed by atoms with Crippen LogP contribution in [0.15, 0.2) is 29.5 Å². The second-order valence-corrected chi connectivity index (χ2v) is 11.7. The van der Waals surface area contributed by atoms with E-state index in [0.29, 0.717) is 23.5 Å². The summed E-state index contributed by atoms with van der Waals surface area (Å²) in [6, 6.07) is 4.81. The monoisotopic (exact) mass is 550 g/mol. The molecule has 3 aliphatic rings. The quantitative estimate of drug-likeness (QED) is 0.464. The average Bonchev–Trinajstić information content (AvgIpc) is 3.10. The number of halogens is 3. The van der Waals surface area contributed by atoms with Gasteiger partial charge in [-0.15, -0.1) is 0 Å². The minimum atomic E-state index is -5.22. The first-order valence-corrected chi connectivity index (χ1v) is 13.5. The minimum absolute atomic E-state index is 0.00735. The van der Waals surface area contributed by atoms with Gasteiger partial charge in [0.2, 0.25) is 11.4 Å². The van der Waals surface area contributed by atoms with Crippen LogP contribution < -0.4 is 14.8 Å². The molecule has 2 amide bonds. The van der Waals surface area contributed by atoms with Crippen LogP contribution in [0.1, 0.15) is 77.2 Å². The average molecular weight is 551 g/mol. The van der Waals surface area contributed by atoms with Gasteiger partial charge in [-0.05, 0) is 41.9 Å². The molecule has 1 aromatic rings. The van der Waals surface area contributed by atoms with E-state index in [4.69, 9.17) is 9.47 Å². The van der Waals surface area contributed by atoms with Crippen molar-refractivity contribution in [2.24, 2.45) is 11.3 Å². The third-order valence-corrected chi connectivity index (χ3v) is 8.13. The molecule has 2 aliphatic carbocycles. The number of alkyl halides is 3. The lowest BCUT2D eigenvalue weighted by atomic mass is 9.72. The van der Waals surface area contributed by atoms with Gasteiger partial charge in [0.25, 0.3) is 5.91 Å². The third kappa shape index (κ3) is 5.65. The Kier molecular flexibility index (Phi) is 8.06. The minimum Gasteiger partial charge on any atom is -0.497 e. The Morgan fingerprint density at radius 2 is 1.64 bits per heavy atom. The van der Waals surface area contributed by atoms with E-state index >= 15 is 13.2 Å². The molecule has 0 spiro atoms. The highest BCUT2D eigenvalue weighted by atomic mass is 19.4. The van der Waals surface area contributed by atoms with E-state index < -0.39 is 40.3 Å². The number of ketones is 1. The topological polar surface area (TPSA) is 84.9 Å². The highest BCUT2D eigenvalue weighted by Crippen LogP contribution is 2.52. The van der Waals surface area contributed by atoms with E-state index in [2.05, 4.69) is 5.32 Å². The third-order valence-electron chi connectivity index (χ3n) is 8.13. The summed E-state index contributed by atoms with van der Waals surface area (Å²) >= 11 is 0. The van der Waals surface area contributed by atoms with Crippen LogP contribution in [0.2, 0.25) is 0 Å². The number of Topliss-reactive ketones (excluding diaryl/α,β-unsaturated/α-hetero) is 1. The Labute approximate surface area is 227 Å². The molecule has 1 N–H and O–H groups in total. The van der Waals surface area contributed by atoms with Gasteiger partial charge < -0.3 is 19.7 Å². The summed E-state index contributed by atoms with van der Waals surface area (Å²) in [5.74, 6) is -1.92. The van der Waals surface area contributed by atoms with Gasteiger partial charge in [0, 0.05) is 24.6 Å². The molecule has 1 atom stereocenters. The molecule has 0 aromatic heterocycles. The van der Waals surface area contributed by atoms with E-state index in [-0.39, 0.29) is 37.4 Å². The molecule has 1 aliphatic heterocycles. The van der Waals surface area contributed by atoms with Crippen molar-refractivity contribution in [3.8, 4) is 11.5 Å². The number of carbonyl (C=O) groups is 3. The second-order valence-electron chi connectivity index (χ2n) is 11.7. The number of methoxy groups -OCH3 is 2. The van der Waals surface area contributed by atoms with Gasteiger partial charge in [0.15, 0.2) is 5.78 Å². The normalized spacial score (nSPS) is 23.6. The molecule has 1 aromatic carbocycles. The maximum atomic E-state index is 15.0. The van der Waals surface area contributed by atoms with Crippen LogP contribution >= 0.6 is 0 Å². The summed E-state index contributed by atoms with van der Waals surface area (Å²) in [6.45, 7) is 3.31. The van der Waals surface area contributed by atoms with Gasteiger partial charge in [0.05, 0.1) is 26.3 Å². The van der Waals surface area contributed by atoms with Crippen LogP contribution in [0.25, 0.3) is 0 Å². The summed E-state index contributed by atoms with van der Waals surface area (Å²) in [5.41, 5.74) is -4.26. The van der Waals surface area contributed by atoms with Crippen LogP contribution in [0.4, 0.5) is 13.2 Å². The van der Waals surface area contributed by atoms with Crippen LogP contribution in [-0.4, -0.2) is 48.4 Å². The highest BCUT2D eigenvalue weighted by molar-refractivity contribution is 6.13. The molecule has 10 heteroatoms. The number of rotatable bonds is 8. The first-order valence-electron chi connectivity index (χ1n) is 13.5. The van der Waals surface area contributed by atoms with Gasteiger partial charge in [-0.25, -0.2) is 0 Å². The van der Waals surface area contributed by atoms with Crippen molar-refractivity contribution in [3.05, 3.63) is 35.0 Å². The number of hydrogen-bond acceptors (Lipinski definition) is 5. The standard InChI is InChI=1S/C29H37F3N2O5/c1-27(2)15-22-25(23(35)16-27)28(29(30,31)32,33-24(36)11-10-18-8-6-5-7-9-18)26(37)34(22)17-19-12-20(38-3)14-21(13-19)39-4/h12-14,18H,5-11,15-17H2,1-4H3,(H,33,36)/t28-/m1/s1. The lowest BCUT2D eigenvalue weighted by molar-refractivity contribution is -0.194. The Balaban J connectivity index is 1.73. The number of amides is 2. The van der Waals surface area contributed by atoms with Gasteiger partial charge >= 0.3 is 6.18 Å². The predicted octanol–water partition coefficient (Wildman–Crippen LogP) is 5.47. The van der Waals surface area contributed by atoms with E-state index in [1.54, 1.807) is 32.0 Å². The fourth-order valence-electron chi connectivity index (χ4n) is 6.22. The Bertz CT molecular complexity index is 1150. The number of allylic oxidation sites excluding steroid dienone is 1. The zero-order valence-corrected chi connectivity index (χ0v) is 23.0. The molecule has 1 fully saturated rings. The zero-order chi connectivity index (χ0) is 28.6. The van der Waals surface area contributed by atoms with Crippen molar-refractivity contribution in [2.45, 2.75) is 89.9 Å². The fourth-order valence-corrected chi connectivity index (χ4v) is 6.22. The largest absolute Gasteiger partial charge is 0.497 e. The van der Waals surface area contributed by atoms with E-state index in [0.717, 1.165) is 37.0 Å². The van der Waals surface area contributed by atoms with E-state index in [1.165, 1.54) is 14.2 Å². The smallest absolute Gasteiger partial charge is 0.425 e. The van der Waals surface area contributed by atoms with E-state index in [9.17, 15) is 14.4 Å². The summed E-state index contributed by atoms with van der Waals surface area (Å²) in [5, 5.41) is 2.06. The Morgan fingerprint density at radius 1 is 1.03 bits per heavy atom. The predicted molar refractivity (Wildman–Crippen MR) is 138 cm³/mol. The number of carbonyl (C=O) groups excluding carboxylic acids is 3. The Hall–Kier alpha value is -3.04. The van der Waals surface area contributed by atoms with Crippen molar-refractivity contribution in [1.29, 1.82) is 0 Å². The molecule has 1 heterocycles. The van der Waals surface area contributed by atoms with Gasteiger partial charge in [-0.2, -0.15) is 13.2 Å². The number of hydrogen-bond donors (Lipinski definition) is 1. The van der Waals surface area contributed by atoms with Crippen LogP contribution in [0.3, 0.4) is 0 Å². The number of benzene rings is 1. The van der Waals surface area contributed by atoms with Crippen molar-refractivity contribution >= 4 is 17.6 Å². The number of ether oxygens (including phenoxy) is 2. The molecule has 0 saturated heterocycles. The summed E-state index contributed by atoms with van der Waals surface area (Å²) in [7, 11) is 2.89. The molecule has 1 saturated carbocycles. The molecule has 0 bridgehead atoms. The number of nitrogens with zero attached hydrogens (tertiary/aromatic N) is 1.